The van der Waals surface area contributed by atoms with Crippen LogP contribution in [0.4, 0.5) is 0 Å². The Kier molecular flexibility index (Phi) is 3.63. The van der Waals surface area contributed by atoms with Crippen LogP contribution in [0.25, 0.3) is 0 Å². The van der Waals surface area contributed by atoms with Gasteiger partial charge in [0.15, 0.2) is 5.11 Å². The molecule has 7 nitrogen and oxygen atoms in total. The van der Waals surface area contributed by atoms with Crippen molar-refractivity contribution in [3.05, 3.63) is 0 Å². The van der Waals surface area contributed by atoms with Crippen LogP contribution >= 0.6 is 12.2 Å². The number of carbonyl (C=O) groups is 2. The summed E-state index contributed by atoms with van der Waals surface area (Å²) in [5.74, 6) is -2.10. The molecule has 0 aliphatic carbocycles. The van der Waals surface area contributed by atoms with Gasteiger partial charge in [-0.05, 0) is 12.2 Å². The Labute approximate surface area is 73.0 Å². The predicted octanol–water partition coefficient (Wildman–Crippen LogP) is -2.85. The number of hydrogen-bond donors (Lipinski definition) is 4. The number of nitrogens with one attached hydrogen (secondary N) is 1. The highest BCUT2D eigenvalue weighted by atomic mass is 32.1. The van der Waals surface area contributed by atoms with Gasteiger partial charge in [-0.15, -0.1) is 0 Å². The van der Waals surface area contributed by atoms with Gasteiger partial charge in [0.1, 0.15) is 0 Å². The van der Waals surface area contributed by atoms with Crippen LogP contribution in [0.5, 0.6) is 0 Å². The van der Waals surface area contributed by atoms with Crippen molar-refractivity contribution < 1.29 is 9.59 Å². The summed E-state index contributed by atoms with van der Waals surface area (Å²) in [6.45, 7) is 0. The summed E-state index contributed by atoms with van der Waals surface area (Å²) >= 11 is 4.34. The number of thiocarbonyl (C=S) groups is 1. The van der Waals surface area contributed by atoms with E-state index in [2.05, 4.69) is 17.3 Å². The van der Waals surface area contributed by atoms with Gasteiger partial charge in [0.2, 0.25) is 5.71 Å². The van der Waals surface area contributed by atoms with E-state index in [1.807, 2.05) is 5.43 Å². The minimum atomic E-state index is -1.05. The average molecular weight is 189 g/mol. The molecule has 0 spiro atoms. The quantitative estimate of drug-likeness (QED) is 0.164. The molecule has 0 saturated carbocycles. The molecule has 66 valence electrons. The van der Waals surface area contributed by atoms with Gasteiger partial charge in [-0.25, -0.2) is 0 Å². The van der Waals surface area contributed by atoms with E-state index in [4.69, 9.17) is 17.2 Å². The summed E-state index contributed by atoms with van der Waals surface area (Å²) in [7, 11) is 0. The molecule has 0 unspecified atom stereocenters. The van der Waals surface area contributed by atoms with Crippen molar-refractivity contribution in [3.8, 4) is 0 Å². The number of hydrogen-bond acceptors (Lipinski definition) is 4. The molecule has 0 saturated heterocycles. The molecule has 0 atom stereocenters. The molecule has 0 rings (SSSR count). The lowest BCUT2D eigenvalue weighted by Gasteiger charge is -1.97. The topological polar surface area (TPSA) is 137 Å². The number of nitrogens with zero attached hydrogens (tertiary/aromatic N) is 1. The van der Waals surface area contributed by atoms with Crippen molar-refractivity contribution in [1.29, 1.82) is 0 Å². The monoisotopic (exact) mass is 189 g/mol. The van der Waals surface area contributed by atoms with Crippen molar-refractivity contribution in [2.24, 2.45) is 22.3 Å². The van der Waals surface area contributed by atoms with E-state index in [1.54, 1.807) is 0 Å². The van der Waals surface area contributed by atoms with Crippen LogP contribution < -0.4 is 22.6 Å². The molecule has 0 radical (unpaired) electrons. The molecular weight excluding hydrogens is 182 g/mol. The lowest BCUT2D eigenvalue weighted by molar-refractivity contribution is -0.115. The zero-order chi connectivity index (χ0) is 9.72. The summed E-state index contributed by atoms with van der Waals surface area (Å²) in [5.41, 5.74) is 15.8. The van der Waals surface area contributed by atoms with Gasteiger partial charge in [0.25, 0.3) is 11.8 Å². The third-order valence-corrected chi connectivity index (χ3v) is 0.836. The molecule has 0 aromatic heterocycles. The third-order valence-electron chi connectivity index (χ3n) is 0.745. The maximum atomic E-state index is 10.4. The van der Waals surface area contributed by atoms with Gasteiger partial charge in [0.05, 0.1) is 0 Å². The zero-order valence-corrected chi connectivity index (χ0v) is 6.72. The highest BCUT2D eigenvalue weighted by Gasteiger charge is 2.13. The molecular formula is C4H7N5O2S. The first-order valence-corrected chi connectivity index (χ1v) is 3.08. The third kappa shape index (κ3) is 3.46. The van der Waals surface area contributed by atoms with Gasteiger partial charge in [-0.2, -0.15) is 5.10 Å². The number of primary amides is 2. The summed E-state index contributed by atoms with van der Waals surface area (Å²) in [5, 5.41) is 2.97. The van der Waals surface area contributed by atoms with Gasteiger partial charge in [-0.1, -0.05) is 0 Å². The standard InChI is InChI=1S/C4H7N5O2S/c5-2(10)1(3(6)11)8-9-4(7)12/h(H2,5,10)(H2,6,11)(H3,7,9,12). The fourth-order valence-electron chi connectivity index (χ4n) is 0.343. The number of carbonyl (C=O) groups excluding carboxylic acids is 2. The molecule has 12 heavy (non-hydrogen) atoms. The first kappa shape index (κ1) is 10.3. The Balaban J connectivity index is 4.51. The van der Waals surface area contributed by atoms with Gasteiger partial charge in [0, 0.05) is 0 Å². The van der Waals surface area contributed by atoms with Crippen molar-refractivity contribution in [3.63, 3.8) is 0 Å². The van der Waals surface area contributed by atoms with Crippen LogP contribution in [-0.2, 0) is 9.59 Å². The lowest BCUT2D eigenvalue weighted by Crippen LogP contribution is -2.38. The van der Waals surface area contributed by atoms with E-state index in [9.17, 15) is 9.59 Å². The van der Waals surface area contributed by atoms with E-state index < -0.39 is 17.5 Å². The first-order chi connectivity index (χ1) is 5.45. The van der Waals surface area contributed by atoms with Crippen LogP contribution in [-0.4, -0.2) is 22.6 Å². The second kappa shape index (κ2) is 4.23. The zero-order valence-electron chi connectivity index (χ0n) is 5.90. The molecule has 0 aromatic carbocycles. The van der Waals surface area contributed by atoms with Crippen LogP contribution in [0.3, 0.4) is 0 Å². The summed E-state index contributed by atoms with van der Waals surface area (Å²) in [6, 6.07) is 0. The van der Waals surface area contributed by atoms with Crippen molar-refractivity contribution in [2.45, 2.75) is 0 Å². The fraction of sp³-hybridized carbons (Fsp3) is 0. The second-order valence-corrected chi connectivity index (χ2v) is 2.10. The second-order valence-electron chi connectivity index (χ2n) is 1.66. The molecule has 0 aliphatic rings. The molecule has 0 bridgehead atoms. The first-order valence-electron chi connectivity index (χ1n) is 2.68. The normalized spacial score (nSPS) is 8.33. The van der Waals surface area contributed by atoms with Crippen molar-refractivity contribution in [1.82, 2.24) is 5.43 Å². The minimum absolute atomic E-state index is 0.199. The average Bonchev–Trinajstić information content (AvgIpc) is 1.84. The summed E-state index contributed by atoms with van der Waals surface area (Å²) in [4.78, 5) is 20.8. The fourth-order valence-corrected chi connectivity index (χ4v) is 0.388. The molecule has 7 N–H and O–H groups in total. The molecule has 2 amide bonds. The predicted molar refractivity (Wildman–Crippen MR) is 45.7 cm³/mol. The summed E-state index contributed by atoms with van der Waals surface area (Å²) < 4.78 is 0. The van der Waals surface area contributed by atoms with Crippen LogP contribution in [0.15, 0.2) is 5.10 Å². The highest BCUT2D eigenvalue weighted by Crippen LogP contribution is 1.73. The molecule has 0 fully saturated rings. The Morgan fingerprint density at radius 3 is 1.83 bits per heavy atom. The van der Waals surface area contributed by atoms with Crippen LogP contribution in [0.1, 0.15) is 0 Å². The largest absolute Gasteiger partial charge is 0.375 e. The maximum Gasteiger partial charge on any atom is 0.274 e. The SMILES string of the molecule is NC(=O)C(=NNC(N)=S)C(N)=O. The van der Waals surface area contributed by atoms with Crippen molar-refractivity contribution in [2.75, 3.05) is 0 Å². The molecule has 8 heteroatoms. The van der Waals surface area contributed by atoms with E-state index >= 15 is 0 Å². The van der Waals surface area contributed by atoms with Gasteiger partial charge < -0.3 is 17.2 Å². The van der Waals surface area contributed by atoms with E-state index in [0.29, 0.717) is 0 Å². The number of amides is 2. The van der Waals surface area contributed by atoms with Crippen LogP contribution in [0, 0.1) is 0 Å². The van der Waals surface area contributed by atoms with Crippen LogP contribution in [0.2, 0.25) is 0 Å². The smallest absolute Gasteiger partial charge is 0.274 e. The number of rotatable bonds is 3. The number of hydrazone groups is 1. The summed E-state index contributed by atoms with van der Waals surface area (Å²) in [6.07, 6.45) is 0. The van der Waals surface area contributed by atoms with Gasteiger partial charge in [-0.3, -0.25) is 15.0 Å². The Bertz CT molecular complexity index is 244. The molecule has 0 aliphatic heterocycles. The Morgan fingerprint density at radius 1 is 1.17 bits per heavy atom. The minimum Gasteiger partial charge on any atom is -0.375 e. The van der Waals surface area contributed by atoms with E-state index in [0.717, 1.165) is 0 Å². The number of nitrogens with two attached hydrogens (primary N) is 3. The Morgan fingerprint density at radius 2 is 1.58 bits per heavy atom. The highest BCUT2D eigenvalue weighted by molar-refractivity contribution is 7.80. The lowest BCUT2D eigenvalue weighted by atomic mass is 10.3. The van der Waals surface area contributed by atoms with E-state index in [-0.39, 0.29) is 5.11 Å². The maximum absolute atomic E-state index is 10.4. The van der Waals surface area contributed by atoms with Crippen molar-refractivity contribution >= 4 is 34.9 Å². The van der Waals surface area contributed by atoms with E-state index in [1.165, 1.54) is 0 Å². The van der Waals surface area contributed by atoms with Gasteiger partial charge >= 0.3 is 0 Å². The molecule has 0 heterocycles. The Hall–Kier alpha value is -1.70. The molecule has 0 aromatic rings.